The summed E-state index contributed by atoms with van der Waals surface area (Å²) in [6, 6.07) is 10.1. The first-order chi connectivity index (χ1) is 10.1. The minimum atomic E-state index is -0.330. The topological polar surface area (TPSA) is 41.1 Å². The summed E-state index contributed by atoms with van der Waals surface area (Å²) in [5.74, 6) is -0.542. The van der Waals surface area contributed by atoms with E-state index >= 15 is 0 Å². The highest BCUT2D eigenvalue weighted by molar-refractivity contribution is 6.05. The molecular formula is C17H17FN2O. The van der Waals surface area contributed by atoms with Gasteiger partial charge >= 0.3 is 0 Å². The molecule has 0 unspecified atom stereocenters. The van der Waals surface area contributed by atoms with Crippen LogP contribution in [-0.4, -0.2) is 12.5 Å². The van der Waals surface area contributed by atoms with Gasteiger partial charge in [-0.25, -0.2) is 4.39 Å². The van der Waals surface area contributed by atoms with Crippen LogP contribution >= 0.6 is 0 Å². The molecule has 0 fully saturated rings. The van der Waals surface area contributed by atoms with Gasteiger partial charge in [0, 0.05) is 23.5 Å². The minimum absolute atomic E-state index is 0.212. The summed E-state index contributed by atoms with van der Waals surface area (Å²) >= 11 is 0. The van der Waals surface area contributed by atoms with Crippen molar-refractivity contribution in [3.8, 4) is 0 Å². The Morgan fingerprint density at radius 1 is 1.24 bits per heavy atom. The van der Waals surface area contributed by atoms with Crippen LogP contribution < -0.4 is 10.6 Å². The quantitative estimate of drug-likeness (QED) is 0.882. The number of rotatable bonds is 2. The lowest BCUT2D eigenvalue weighted by atomic mass is 10.0. The maximum absolute atomic E-state index is 13.1. The molecule has 1 aliphatic rings. The summed E-state index contributed by atoms with van der Waals surface area (Å²) in [5.41, 5.74) is 4.25. The molecule has 1 aliphatic heterocycles. The third kappa shape index (κ3) is 2.89. The molecule has 3 nitrogen and oxygen atoms in total. The average Bonchev–Trinajstić information content (AvgIpc) is 2.47. The van der Waals surface area contributed by atoms with Crippen LogP contribution in [0.2, 0.25) is 0 Å². The fraction of sp³-hybridized carbons (Fsp3) is 0.235. The Morgan fingerprint density at radius 2 is 2.10 bits per heavy atom. The Balaban J connectivity index is 1.81. The second-order valence-electron chi connectivity index (χ2n) is 5.32. The summed E-state index contributed by atoms with van der Waals surface area (Å²) < 4.78 is 13.1. The smallest absolute Gasteiger partial charge is 0.255 e. The van der Waals surface area contributed by atoms with Gasteiger partial charge in [0.05, 0.1) is 0 Å². The van der Waals surface area contributed by atoms with Crippen molar-refractivity contribution in [1.82, 2.24) is 0 Å². The van der Waals surface area contributed by atoms with Crippen molar-refractivity contribution >= 4 is 17.3 Å². The van der Waals surface area contributed by atoms with Crippen LogP contribution in [-0.2, 0) is 6.42 Å². The summed E-state index contributed by atoms with van der Waals surface area (Å²) in [6.07, 6.45) is 2.11. The number of benzene rings is 2. The van der Waals surface area contributed by atoms with Crippen LogP contribution in [0.4, 0.5) is 15.8 Å². The molecule has 0 saturated heterocycles. The van der Waals surface area contributed by atoms with Crippen molar-refractivity contribution in [3.63, 3.8) is 0 Å². The van der Waals surface area contributed by atoms with Crippen molar-refractivity contribution < 1.29 is 9.18 Å². The lowest BCUT2D eigenvalue weighted by Gasteiger charge is -2.19. The van der Waals surface area contributed by atoms with E-state index in [1.54, 1.807) is 6.92 Å². The van der Waals surface area contributed by atoms with Crippen LogP contribution in [0.5, 0.6) is 0 Å². The Hall–Kier alpha value is -2.36. The molecule has 0 atom stereocenters. The molecule has 0 bridgehead atoms. The van der Waals surface area contributed by atoms with Crippen molar-refractivity contribution in [2.45, 2.75) is 19.8 Å². The van der Waals surface area contributed by atoms with Gasteiger partial charge in [-0.2, -0.15) is 0 Å². The maximum atomic E-state index is 13.1. The van der Waals surface area contributed by atoms with E-state index in [0.717, 1.165) is 30.8 Å². The summed E-state index contributed by atoms with van der Waals surface area (Å²) in [6.45, 7) is 2.72. The van der Waals surface area contributed by atoms with Gasteiger partial charge in [-0.05, 0) is 67.3 Å². The molecule has 21 heavy (non-hydrogen) atoms. The number of aryl methyl sites for hydroxylation is 2. The third-order valence-electron chi connectivity index (χ3n) is 3.73. The maximum Gasteiger partial charge on any atom is 0.255 e. The molecule has 108 valence electrons. The number of anilines is 2. The molecule has 0 radical (unpaired) electrons. The number of hydrogen-bond acceptors (Lipinski definition) is 2. The first kappa shape index (κ1) is 13.6. The van der Waals surface area contributed by atoms with E-state index in [2.05, 4.69) is 10.6 Å². The molecular weight excluding hydrogens is 267 g/mol. The first-order valence-electron chi connectivity index (χ1n) is 7.08. The van der Waals surface area contributed by atoms with E-state index in [-0.39, 0.29) is 11.7 Å². The van der Waals surface area contributed by atoms with Crippen LogP contribution in [0.15, 0.2) is 36.4 Å². The molecule has 0 aliphatic carbocycles. The van der Waals surface area contributed by atoms with Gasteiger partial charge in [-0.1, -0.05) is 0 Å². The van der Waals surface area contributed by atoms with E-state index < -0.39 is 0 Å². The number of carbonyl (C=O) groups is 1. The van der Waals surface area contributed by atoms with Gasteiger partial charge in [0.2, 0.25) is 0 Å². The Labute approximate surface area is 123 Å². The summed E-state index contributed by atoms with van der Waals surface area (Å²) in [5, 5.41) is 6.22. The SMILES string of the molecule is Cc1cc(F)ccc1C(=O)Nc1ccc2c(c1)CCCN2. The fourth-order valence-electron chi connectivity index (χ4n) is 2.63. The Bertz CT molecular complexity index is 697. The van der Waals surface area contributed by atoms with Crippen molar-refractivity contribution in [2.75, 3.05) is 17.2 Å². The zero-order valence-electron chi connectivity index (χ0n) is 11.9. The molecule has 1 amide bonds. The van der Waals surface area contributed by atoms with Crippen LogP contribution in [0, 0.1) is 12.7 Å². The van der Waals surface area contributed by atoms with Crippen LogP contribution in [0.1, 0.15) is 27.9 Å². The van der Waals surface area contributed by atoms with E-state index in [1.807, 2.05) is 18.2 Å². The number of halogens is 1. The normalized spacial score (nSPS) is 13.2. The Morgan fingerprint density at radius 3 is 2.90 bits per heavy atom. The largest absolute Gasteiger partial charge is 0.385 e. The highest BCUT2D eigenvalue weighted by Crippen LogP contribution is 2.25. The predicted molar refractivity (Wildman–Crippen MR) is 82.3 cm³/mol. The highest BCUT2D eigenvalue weighted by atomic mass is 19.1. The molecule has 0 aromatic heterocycles. The van der Waals surface area contributed by atoms with E-state index in [4.69, 9.17) is 0 Å². The number of carbonyl (C=O) groups excluding carboxylic acids is 1. The van der Waals surface area contributed by atoms with E-state index in [1.165, 1.54) is 23.8 Å². The van der Waals surface area contributed by atoms with E-state index in [0.29, 0.717) is 11.1 Å². The standard InChI is InChI=1S/C17H17FN2O/c1-11-9-13(18)4-6-15(11)17(21)20-14-5-7-16-12(10-14)3-2-8-19-16/h4-7,9-10,19H,2-3,8H2,1H3,(H,20,21). The average molecular weight is 284 g/mol. The number of fused-ring (bicyclic) bond motifs is 1. The van der Waals surface area contributed by atoms with Crippen molar-refractivity contribution in [2.24, 2.45) is 0 Å². The molecule has 2 N–H and O–H groups in total. The van der Waals surface area contributed by atoms with Gasteiger partial charge in [0.15, 0.2) is 0 Å². The highest BCUT2D eigenvalue weighted by Gasteiger charge is 2.12. The lowest BCUT2D eigenvalue weighted by Crippen LogP contribution is -2.15. The number of nitrogens with one attached hydrogen (secondary N) is 2. The van der Waals surface area contributed by atoms with Crippen molar-refractivity contribution in [3.05, 3.63) is 58.9 Å². The molecule has 0 spiro atoms. The third-order valence-corrected chi connectivity index (χ3v) is 3.73. The van der Waals surface area contributed by atoms with Crippen molar-refractivity contribution in [1.29, 1.82) is 0 Å². The second-order valence-corrected chi connectivity index (χ2v) is 5.32. The monoisotopic (exact) mass is 284 g/mol. The molecule has 3 rings (SSSR count). The molecule has 4 heteroatoms. The van der Waals surface area contributed by atoms with Gasteiger partial charge in [0.1, 0.15) is 5.82 Å². The second kappa shape index (κ2) is 5.56. The number of amides is 1. The minimum Gasteiger partial charge on any atom is -0.385 e. The number of hydrogen-bond donors (Lipinski definition) is 2. The molecule has 2 aromatic carbocycles. The first-order valence-corrected chi connectivity index (χ1v) is 7.08. The summed E-state index contributed by atoms with van der Waals surface area (Å²) in [4.78, 5) is 12.3. The van der Waals surface area contributed by atoms with Gasteiger partial charge in [-0.3, -0.25) is 4.79 Å². The lowest BCUT2D eigenvalue weighted by molar-refractivity contribution is 0.102. The van der Waals surface area contributed by atoms with Gasteiger partial charge < -0.3 is 10.6 Å². The molecule has 1 heterocycles. The molecule has 0 saturated carbocycles. The zero-order chi connectivity index (χ0) is 14.8. The van der Waals surface area contributed by atoms with Gasteiger partial charge in [0.25, 0.3) is 5.91 Å². The predicted octanol–water partition coefficient (Wildman–Crippen LogP) is 3.74. The van der Waals surface area contributed by atoms with Crippen LogP contribution in [0.25, 0.3) is 0 Å². The van der Waals surface area contributed by atoms with E-state index in [9.17, 15) is 9.18 Å². The van der Waals surface area contributed by atoms with Crippen LogP contribution in [0.3, 0.4) is 0 Å². The van der Waals surface area contributed by atoms with Gasteiger partial charge in [-0.15, -0.1) is 0 Å². The fourth-order valence-corrected chi connectivity index (χ4v) is 2.63. The Kier molecular flexibility index (Phi) is 3.60. The summed E-state index contributed by atoms with van der Waals surface area (Å²) in [7, 11) is 0. The molecule has 2 aromatic rings. The zero-order valence-corrected chi connectivity index (χ0v) is 11.9.